The van der Waals surface area contributed by atoms with Gasteiger partial charge in [0.2, 0.25) is 11.8 Å². The van der Waals surface area contributed by atoms with Gasteiger partial charge in [0.05, 0.1) is 6.54 Å². The van der Waals surface area contributed by atoms with Crippen LogP contribution in [-0.2, 0) is 11.3 Å². The van der Waals surface area contributed by atoms with E-state index in [0.29, 0.717) is 25.7 Å². The predicted octanol–water partition coefficient (Wildman–Crippen LogP) is 3.72. The molecule has 1 saturated heterocycles. The second-order valence-corrected chi connectivity index (χ2v) is 7.21. The average Bonchev–Trinajstić information content (AvgIpc) is 3.04. The fourth-order valence-corrected chi connectivity index (χ4v) is 3.46. The minimum atomic E-state index is -0.426. The summed E-state index contributed by atoms with van der Waals surface area (Å²) in [5.74, 6) is 3.26. The Kier molecular flexibility index (Phi) is 4.90. The highest BCUT2D eigenvalue weighted by atomic mass is 16.3. The molecule has 0 unspecified atom stereocenters. The summed E-state index contributed by atoms with van der Waals surface area (Å²) in [6.45, 7) is 2.94. The molecule has 0 atom stereocenters. The Hall–Kier alpha value is -2.72. The van der Waals surface area contributed by atoms with Gasteiger partial charge in [-0.3, -0.25) is 9.69 Å². The molecule has 1 amide bonds. The third-order valence-corrected chi connectivity index (χ3v) is 5.08. The Balaban J connectivity index is 1.33. The van der Waals surface area contributed by atoms with Gasteiger partial charge in [-0.15, -0.1) is 12.3 Å². The number of oxazole rings is 1. The van der Waals surface area contributed by atoms with Gasteiger partial charge in [-0.1, -0.05) is 0 Å². The fourth-order valence-electron chi connectivity index (χ4n) is 3.46. The number of hydrogen-bond acceptors (Lipinski definition) is 6. The number of hydrogen-bond donors (Lipinski definition) is 1. The van der Waals surface area contributed by atoms with Crippen molar-refractivity contribution in [3.8, 4) is 12.3 Å². The van der Waals surface area contributed by atoms with Gasteiger partial charge in [0.15, 0.2) is 11.2 Å². The molecule has 0 saturated carbocycles. The lowest BCUT2D eigenvalue weighted by Gasteiger charge is -2.10. The van der Waals surface area contributed by atoms with Crippen molar-refractivity contribution >= 4 is 22.7 Å². The minimum Gasteiger partial charge on any atom is -0.439 e. The molecule has 1 fully saturated rings. The van der Waals surface area contributed by atoms with E-state index in [4.69, 9.17) is 10.8 Å². The molecule has 1 N–H and O–H groups in total. The Morgan fingerprint density at radius 2 is 2.11 bits per heavy atom. The Morgan fingerprint density at radius 1 is 1.30 bits per heavy atom. The molecule has 0 aliphatic carbocycles. The normalized spacial score (nSPS) is 17.9. The number of fused-ring (bicyclic) bond motifs is 1. The molecular formula is C20H23N5O2. The topological polar surface area (TPSA) is 83.1 Å². The lowest BCUT2D eigenvalue weighted by atomic mass is 10.0. The van der Waals surface area contributed by atoms with Gasteiger partial charge in [-0.05, 0) is 44.1 Å². The van der Waals surface area contributed by atoms with E-state index < -0.39 is 5.66 Å². The lowest BCUT2D eigenvalue weighted by molar-refractivity contribution is -0.116. The highest BCUT2D eigenvalue weighted by Crippen LogP contribution is 2.37. The van der Waals surface area contributed by atoms with Crippen molar-refractivity contribution in [3.05, 3.63) is 24.1 Å². The monoisotopic (exact) mass is 365 g/mol. The van der Waals surface area contributed by atoms with Crippen LogP contribution in [0, 0.1) is 12.3 Å². The standard InChI is InChI=1S/C20H23N5O2/c1-2-3-9-20(23-24-20)10-8-18(26)21-15-6-7-17-16(13-15)22-19(27-17)14-25-11-4-5-12-25/h1,6-7,13H,3-5,8-12,14H2,(H,21,26). The molecule has 7 nitrogen and oxygen atoms in total. The van der Waals surface area contributed by atoms with Crippen molar-refractivity contribution in [2.45, 2.75) is 50.7 Å². The quantitative estimate of drug-likeness (QED) is 0.723. The summed E-state index contributed by atoms with van der Waals surface area (Å²) in [7, 11) is 0. The lowest BCUT2D eigenvalue weighted by Crippen LogP contribution is -2.18. The van der Waals surface area contributed by atoms with Crippen LogP contribution in [0.3, 0.4) is 0 Å². The maximum atomic E-state index is 12.2. The highest BCUT2D eigenvalue weighted by molar-refractivity contribution is 5.92. The molecule has 2 aliphatic heterocycles. The molecular weight excluding hydrogens is 342 g/mol. The molecule has 4 rings (SSSR count). The summed E-state index contributed by atoms with van der Waals surface area (Å²) in [4.78, 5) is 19.2. The summed E-state index contributed by atoms with van der Waals surface area (Å²) in [5, 5.41) is 11.0. The minimum absolute atomic E-state index is 0.0625. The second kappa shape index (κ2) is 7.49. The number of terminal acetylenes is 1. The van der Waals surface area contributed by atoms with Crippen molar-refractivity contribution in [3.63, 3.8) is 0 Å². The van der Waals surface area contributed by atoms with Gasteiger partial charge < -0.3 is 9.73 Å². The fraction of sp³-hybridized carbons (Fsp3) is 0.500. The molecule has 1 aromatic heterocycles. The Morgan fingerprint density at radius 3 is 2.85 bits per heavy atom. The summed E-state index contributed by atoms with van der Waals surface area (Å²) in [6, 6.07) is 5.54. The first-order chi connectivity index (χ1) is 13.2. The maximum Gasteiger partial charge on any atom is 0.224 e. The number of nitrogens with one attached hydrogen (secondary N) is 1. The van der Waals surface area contributed by atoms with Crippen LogP contribution in [0.25, 0.3) is 11.1 Å². The smallest absolute Gasteiger partial charge is 0.224 e. The van der Waals surface area contributed by atoms with E-state index in [9.17, 15) is 4.79 Å². The number of benzene rings is 1. The molecule has 140 valence electrons. The van der Waals surface area contributed by atoms with Crippen LogP contribution in [0.5, 0.6) is 0 Å². The predicted molar refractivity (Wildman–Crippen MR) is 102 cm³/mol. The molecule has 1 aromatic carbocycles. The first kappa shape index (κ1) is 17.7. The number of rotatable bonds is 8. The summed E-state index contributed by atoms with van der Waals surface area (Å²) < 4.78 is 5.82. The summed E-state index contributed by atoms with van der Waals surface area (Å²) in [5.41, 5.74) is 1.80. The molecule has 0 radical (unpaired) electrons. The van der Waals surface area contributed by atoms with Crippen molar-refractivity contribution in [2.75, 3.05) is 18.4 Å². The third-order valence-electron chi connectivity index (χ3n) is 5.08. The number of nitrogens with zero attached hydrogens (tertiary/aromatic N) is 4. The van der Waals surface area contributed by atoms with Crippen molar-refractivity contribution in [2.24, 2.45) is 10.2 Å². The zero-order chi connectivity index (χ0) is 18.7. The van der Waals surface area contributed by atoms with Crippen molar-refractivity contribution in [1.82, 2.24) is 9.88 Å². The van der Waals surface area contributed by atoms with E-state index >= 15 is 0 Å². The van der Waals surface area contributed by atoms with Gasteiger partial charge in [0.1, 0.15) is 5.52 Å². The SMILES string of the molecule is C#CCCC1(CCC(=O)Nc2ccc3oc(CN4CCCC4)nc3c2)N=N1. The Labute approximate surface area is 158 Å². The molecule has 0 spiro atoms. The summed E-state index contributed by atoms with van der Waals surface area (Å²) >= 11 is 0. The number of amides is 1. The van der Waals surface area contributed by atoms with E-state index in [1.165, 1.54) is 12.8 Å². The molecule has 2 aliphatic rings. The summed E-state index contributed by atoms with van der Waals surface area (Å²) in [6.07, 6.45) is 10.0. The van der Waals surface area contributed by atoms with Crippen molar-refractivity contribution < 1.29 is 9.21 Å². The van der Waals surface area contributed by atoms with Gasteiger partial charge >= 0.3 is 0 Å². The molecule has 27 heavy (non-hydrogen) atoms. The molecule has 2 aromatic rings. The van der Waals surface area contributed by atoms with Crippen LogP contribution < -0.4 is 5.32 Å². The number of likely N-dealkylation sites (tertiary alicyclic amines) is 1. The first-order valence-electron chi connectivity index (χ1n) is 9.45. The van der Waals surface area contributed by atoms with Gasteiger partial charge in [0.25, 0.3) is 0 Å². The number of aromatic nitrogens is 1. The Bertz CT molecular complexity index is 899. The number of anilines is 1. The number of carbonyl (C=O) groups is 1. The second-order valence-electron chi connectivity index (χ2n) is 7.21. The van der Waals surface area contributed by atoms with Gasteiger partial charge in [0, 0.05) is 31.4 Å². The van der Waals surface area contributed by atoms with Gasteiger partial charge in [-0.2, -0.15) is 10.2 Å². The van der Waals surface area contributed by atoms with E-state index in [1.807, 2.05) is 18.2 Å². The van der Waals surface area contributed by atoms with Crippen LogP contribution in [0.2, 0.25) is 0 Å². The van der Waals surface area contributed by atoms with Crippen LogP contribution in [-0.4, -0.2) is 34.5 Å². The van der Waals surface area contributed by atoms with E-state index in [1.54, 1.807) is 0 Å². The van der Waals surface area contributed by atoms with E-state index in [-0.39, 0.29) is 5.91 Å². The van der Waals surface area contributed by atoms with Crippen LogP contribution in [0.15, 0.2) is 32.8 Å². The van der Waals surface area contributed by atoms with Crippen LogP contribution in [0.4, 0.5) is 5.69 Å². The van der Waals surface area contributed by atoms with Crippen molar-refractivity contribution in [1.29, 1.82) is 0 Å². The first-order valence-corrected chi connectivity index (χ1v) is 9.45. The molecule has 0 bridgehead atoms. The molecule has 7 heteroatoms. The average molecular weight is 365 g/mol. The van der Waals surface area contributed by atoms with Crippen LogP contribution in [0.1, 0.15) is 44.4 Å². The van der Waals surface area contributed by atoms with Gasteiger partial charge in [-0.25, -0.2) is 4.98 Å². The van der Waals surface area contributed by atoms with E-state index in [0.717, 1.165) is 42.3 Å². The largest absolute Gasteiger partial charge is 0.439 e. The maximum absolute atomic E-state index is 12.2. The zero-order valence-corrected chi connectivity index (χ0v) is 15.3. The molecule has 3 heterocycles. The third kappa shape index (κ3) is 4.34. The van der Waals surface area contributed by atoms with Crippen LogP contribution >= 0.6 is 0 Å². The number of carbonyl (C=O) groups excluding carboxylic acids is 1. The highest BCUT2D eigenvalue weighted by Gasteiger charge is 2.39. The zero-order valence-electron chi connectivity index (χ0n) is 15.3. The van der Waals surface area contributed by atoms with E-state index in [2.05, 4.69) is 31.3 Å².